The van der Waals surface area contributed by atoms with Gasteiger partial charge in [0.05, 0.1) is 0 Å². The first-order valence-electron chi connectivity index (χ1n) is 8.36. The molecule has 0 fully saturated rings. The molecule has 0 saturated carbocycles. The second-order valence-electron chi connectivity index (χ2n) is 5.38. The summed E-state index contributed by atoms with van der Waals surface area (Å²) in [6.45, 7) is 8.51. The van der Waals surface area contributed by atoms with Crippen LogP contribution < -0.4 is 5.32 Å². The number of rotatable bonds is 9. The molecule has 20 heavy (non-hydrogen) atoms. The molecule has 0 aromatic rings. The zero-order chi connectivity index (χ0) is 14.6. The Labute approximate surface area is 124 Å². The summed E-state index contributed by atoms with van der Waals surface area (Å²) in [5.74, 6) is 2.15. The average Bonchev–Trinajstić information content (AvgIpc) is 2.48. The van der Waals surface area contributed by atoms with Crippen molar-refractivity contribution in [2.24, 2.45) is 9.98 Å². The van der Waals surface area contributed by atoms with Crippen molar-refractivity contribution in [2.45, 2.75) is 72.1 Å². The Morgan fingerprint density at radius 1 is 0.950 bits per heavy atom. The van der Waals surface area contributed by atoms with Gasteiger partial charge in [0.2, 0.25) is 0 Å². The van der Waals surface area contributed by atoms with Crippen LogP contribution in [0.4, 0.5) is 0 Å². The predicted octanol–water partition coefficient (Wildman–Crippen LogP) is 4.49. The third-order valence-corrected chi connectivity index (χ3v) is 3.59. The average molecular weight is 277 g/mol. The Morgan fingerprint density at radius 2 is 1.60 bits per heavy atom. The summed E-state index contributed by atoms with van der Waals surface area (Å²) >= 11 is 0. The topological polar surface area (TPSA) is 36.8 Å². The largest absolute Gasteiger partial charge is 0.329 e. The molecule has 1 N–H and O–H groups in total. The van der Waals surface area contributed by atoms with Gasteiger partial charge in [0, 0.05) is 19.5 Å². The second kappa shape index (κ2) is 10.6. The van der Waals surface area contributed by atoms with Gasteiger partial charge in [-0.3, -0.25) is 9.98 Å². The van der Waals surface area contributed by atoms with Gasteiger partial charge in [-0.25, -0.2) is 0 Å². The van der Waals surface area contributed by atoms with E-state index in [1.807, 2.05) is 0 Å². The Bertz CT molecular complexity index is 353. The van der Waals surface area contributed by atoms with E-state index in [9.17, 15) is 0 Å². The van der Waals surface area contributed by atoms with Crippen molar-refractivity contribution < 1.29 is 0 Å². The molecular weight excluding hydrogens is 246 g/mol. The van der Waals surface area contributed by atoms with E-state index in [4.69, 9.17) is 4.99 Å². The van der Waals surface area contributed by atoms with Gasteiger partial charge in [0.15, 0.2) is 0 Å². The maximum atomic E-state index is 4.72. The molecule has 0 atom stereocenters. The molecule has 0 aromatic carbocycles. The smallest absolute Gasteiger partial charge is 0.129 e. The Kier molecular flexibility index (Phi) is 9.01. The molecule has 3 nitrogen and oxygen atoms in total. The van der Waals surface area contributed by atoms with E-state index in [2.05, 4.69) is 37.2 Å². The van der Waals surface area contributed by atoms with Crippen molar-refractivity contribution in [1.82, 2.24) is 5.32 Å². The SMILES string of the molecule is CCCCCN=C1CC=C(CC)C(=NCCCCC)N1. The fourth-order valence-corrected chi connectivity index (χ4v) is 2.27. The molecule has 1 aliphatic heterocycles. The minimum Gasteiger partial charge on any atom is -0.329 e. The molecule has 0 unspecified atom stereocenters. The van der Waals surface area contributed by atoms with Gasteiger partial charge in [-0.2, -0.15) is 0 Å². The summed E-state index contributed by atoms with van der Waals surface area (Å²) in [6, 6.07) is 0. The van der Waals surface area contributed by atoms with Crippen LogP contribution in [-0.4, -0.2) is 24.8 Å². The summed E-state index contributed by atoms with van der Waals surface area (Å²) in [5.41, 5.74) is 1.34. The first kappa shape index (κ1) is 16.9. The molecule has 114 valence electrons. The first-order valence-corrected chi connectivity index (χ1v) is 8.36. The Morgan fingerprint density at radius 3 is 2.20 bits per heavy atom. The van der Waals surface area contributed by atoms with Gasteiger partial charge in [-0.1, -0.05) is 52.5 Å². The minimum absolute atomic E-state index is 0.927. The van der Waals surface area contributed by atoms with Crippen LogP contribution >= 0.6 is 0 Å². The number of amidine groups is 2. The third-order valence-electron chi connectivity index (χ3n) is 3.59. The van der Waals surface area contributed by atoms with Crippen LogP contribution in [0.2, 0.25) is 0 Å². The highest BCUT2D eigenvalue weighted by molar-refractivity contribution is 6.12. The molecule has 1 rings (SSSR count). The molecule has 1 aliphatic rings. The maximum Gasteiger partial charge on any atom is 0.129 e. The van der Waals surface area contributed by atoms with Crippen molar-refractivity contribution in [3.63, 3.8) is 0 Å². The predicted molar refractivity (Wildman–Crippen MR) is 89.8 cm³/mol. The summed E-state index contributed by atoms with van der Waals surface area (Å²) in [5, 5.41) is 3.44. The highest BCUT2D eigenvalue weighted by Crippen LogP contribution is 2.11. The van der Waals surface area contributed by atoms with E-state index >= 15 is 0 Å². The van der Waals surface area contributed by atoms with E-state index in [0.29, 0.717) is 0 Å². The highest BCUT2D eigenvalue weighted by Gasteiger charge is 2.13. The number of nitrogens with zero attached hydrogens (tertiary/aromatic N) is 2. The molecule has 0 aromatic heterocycles. The summed E-state index contributed by atoms with van der Waals surface area (Å²) in [6.07, 6.45) is 11.7. The van der Waals surface area contributed by atoms with Crippen molar-refractivity contribution in [2.75, 3.05) is 13.1 Å². The lowest BCUT2D eigenvalue weighted by Crippen LogP contribution is -2.35. The van der Waals surface area contributed by atoms with Gasteiger partial charge in [-0.05, 0) is 24.8 Å². The van der Waals surface area contributed by atoms with E-state index < -0.39 is 0 Å². The number of nitrogens with one attached hydrogen (secondary N) is 1. The van der Waals surface area contributed by atoms with Gasteiger partial charge in [0.25, 0.3) is 0 Å². The zero-order valence-corrected chi connectivity index (χ0v) is 13.5. The lowest BCUT2D eigenvalue weighted by atomic mass is 10.1. The van der Waals surface area contributed by atoms with E-state index in [-0.39, 0.29) is 0 Å². The summed E-state index contributed by atoms with van der Waals surface area (Å²) < 4.78 is 0. The lowest BCUT2D eigenvalue weighted by molar-refractivity contribution is 0.723. The zero-order valence-electron chi connectivity index (χ0n) is 13.5. The molecule has 3 heteroatoms. The van der Waals surface area contributed by atoms with Gasteiger partial charge in [0.1, 0.15) is 11.7 Å². The van der Waals surface area contributed by atoms with Crippen LogP contribution in [0.25, 0.3) is 0 Å². The fourth-order valence-electron chi connectivity index (χ4n) is 2.27. The highest BCUT2D eigenvalue weighted by atomic mass is 15.1. The van der Waals surface area contributed by atoms with Crippen LogP contribution in [-0.2, 0) is 0 Å². The molecular formula is C17H31N3. The Balaban J connectivity index is 2.53. The number of hydrogen-bond acceptors (Lipinski definition) is 2. The normalized spacial score (nSPS) is 19.2. The van der Waals surface area contributed by atoms with Crippen LogP contribution in [0.5, 0.6) is 0 Å². The number of hydrogen-bond donors (Lipinski definition) is 1. The van der Waals surface area contributed by atoms with Crippen molar-refractivity contribution in [3.8, 4) is 0 Å². The number of aliphatic imine (C=N–C) groups is 2. The lowest BCUT2D eigenvalue weighted by Gasteiger charge is -2.19. The van der Waals surface area contributed by atoms with Crippen LogP contribution in [0.3, 0.4) is 0 Å². The van der Waals surface area contributed by atoms with Crippen LogP contribution in [0.15, 0.2) is 21.6 Å². The summed E-state index contributed by atoms with van der Waals surface area (Å²) in [7, 11) is 0. The number of unbranched alkanes of at least 4 members (excludes halogenated alkanes) is 4. The van der Waals surface area contributed by atoms with Crippen molar-refractivity contribution >= 4 is 11.7 Å². The standard InChI is InChI=1S/C17H31N3/c1-4-7-9-13-18-16-12-11-15(6-3)17(20-16)19-14-10-8-5-2/h11H,4-10,12-14H2,1-3H3,(H,18,19,20). The minimum atomic E-state index is 0.927. The monoisotopic (exact) mass is 277 g/mol. The Hall–Kier alpha value is -1.12. The molecule has 0 spiro atoms. The van der Waals surface area contributed by atoms with E-state index in [1.165, 1.54) is 44.1 Å². The quantitative estimate of drug-likeness (QED) is 0.619. The van der Waals surface area contributed by atoms with E-state index in [1.54, 1.807) is 0 Å². The molecule has 1 heterocycles. The molecule has 0 saturated heterocycles. The van der Waals surface area contributed by atoms with E-state index in [0.717, 1.165) is 37.6 Å². The fraction of sp³-hybridized carbons (Fsp3) is 0.765. The molecule has 0 radical (unpaired) electrons. The van der Waals surface area contributed by atoms with Crippen molar-refractivity contribution in [1.29, 1.82) is 0 Å². The molecule has 0 aliphatic carbocycles. The summed E-state index contributed by atoms with van der Waals surface area (Å²) in [4.78, 5) is 9.39. The first-order chi connectivity index (χ1) is 9.81. The van der Waals surface area contributed by atoms with Gasteiger partial charge in [-0.15, -0.1) is 0 Å². The van der Waals surface area contributed by atoms with Crippen LogP contribution in [0.1, 0.15) is 72.1 Å². The van der Waals surface area contributed by atoms with Crippen molar-refractivity contribution in [3.05, 3.63) is 11.6 Å². The van der Waals surface area contributed by atoms with Crippen LogP contribution in [0, 0.1) is 0 Å². The van der Waals surface area contributed by atoms with Gasteiger partial charge < -0.3 is 5.32 Å². The molecule has 0 bridgehead atoms. The molecule has 0 amide bonds. The maximum absolute atomic E-state index is 4.72. The van der Waals surface area contributed by atoms with Gasteiger partial charge >= 0.3 is 0 Å². The second-order valence-corrected chi connectivity index (χ2v) is 5.38. The third kappa shape index (κ3) is 6.36.